The Bertz CT molecular complexity index is 1050. The van der Waals surface area contributed by atoms with Crippen molar-refractivity contribution in [2.45, 2.75) is 33.9 Å². The Labute approximate surface area is 206 Å². The molecule has 3 aromatic carbocycles. The molecule has 5 nitrogen and oxygen atoms in total. The summed E-state index contributed by atoms with van der Waals surface area (Å²) >= 11 is 0. The van der Waals surface area contributed by atoms with Gasteiger partial charge in [0, 0.05) is 11.1 Å². The molecule has 0 aliphatic heterocycles. The SMILES string of the molecule is Cc1ccc(O)c(C[N+](C)(C)C)c1.Cc1ccc(Oc2ccc(C)cc2C[N+](C)(C)C)cc1.[OH-]. The van der Waals surface area contributed by atoms with Gasteiger partial charge >= 0.3 is 0 Å². The first kappa shape index (κ1) is 29.2. The predicted molar refractivity (Wildman–Crippen MR) is 141 cm³/mol. The van der Waals surface area contributed by atoms with Gasteiger partial charge in [-0.25, -0.2) is 0 Å². The molecule has 0 unspecified atom stereocenters. The molecule has 0 radical (unpaired) electrons. The highest BCUT2D eigenvalue weighted by Gasteiger charge is 2.14. The summed E-state index contributed by atoms with van der Waals surface area (Å²) in [5.74, 6) is 2.24. The molecule has 0 aromatic heterocycles. The third kappa shape index (κ3) is 10.4. The van der Waals surface area contributed by atoms with Crippen molar-refractivity contribution in [3.8, 4) is 17.2 Å². The van der Waals surface area contributed by atoms with Crippen LogP contribution in [-0.4, -0.2) is 61.8 Å². The van der Waals surface area contributed by atoms with Crippen molar-refractivity contribution in [1.29, 1.82) is 0 Å². The first-order valence-electron chi connectivity index (χ1n) is 11.5. The van der Waals surface area contributed by atoms with E-state index in [0.717, 1.165) is 39.1 Å². The number of phenols is 1. The van der Waals surface area contributed by atoms with Gasteiger partial charge in [-0.1, -0.05) is 41.0 Å². The Morgan fingerprint density at radius 2 is 1.06 bits per heavy atom. The van der Waals surface area contributed by atoms with Gasteiger partial charge in [0.1, 0.15) is 30.3 Å². The standard InChI is InChI=1S/C18H24NO.C11H17NO.H2O/c1-14-6-9-17(10-7-14)20-18-11-8-15(2)12-16(18)13-19(3,4)5;1-9-5-6-11(13)10(7-9)8-12(2,3)4;/h6-12H,13H2,1-5H3;5-7H,8H2,1-4H3;1H2/q+1;;. The van der Waals surface area contributed by atoms with Crippen molar-refractivity contribution in [3.05, 3.63) is 88.5 Å². The van der Waals surface area contributed by atoms with Crippen LogP contribution < -0.4 is 4.74 Å². The monoisotopic (exact) mass is 467 g/mol. The molecule has 0 spiro atoms. The molecule has 2 N–H and O–H groups in total. The quantitative estimate of drug-likeness (QED) is 0.450. The van der Waals surface area contributed by atoms with E-state index in [0.29, 0.717) is 5.75 Å². The lowest BCUT2D eigenvalue weighted by Crippen LogP contribution is -2.33. The van der Waals surface area contributed by atoms with E-state index >= 15 is 0 Å². The van der Waals surface area contributed by atoms with E-state index in [2.05, 4.69) is 86.5 Å². The Hall–Kier alpha value is -2.86. The molecule has 0 atom stereocenters. The lowest BCUT2D eigenvalue weighted by molar-refractivity contribution is -0.884. The van der Waals surface area contributed by atoms with Crippen molar-refractivity contribution < 1.29 is 24.3 Å². The summed E-state index contributed by atoms with van der Waals surface area (Å²) in [4.78, 5) is 0. The number of benzene rings is 3. The Kier molecular flexibility index (Phi) is 10.3. The van der Waals surface area contributed by atoms with E-state index in [1.807, 2.05) is 31.2 Å². The minimum atomic E-state index is 0. The number of hydrogen-bond acceptors (Lipinski definition) is 3. The normalized spacial score (nSPS) is 11.2. The van der Waals surface area contributed by atoms with Crippen LogP contribution in [0.2, 0.25) is 0 Å². The molecule has 186 valence electrons. The van der Waals surface area contributed by atoms with Gasteiger partial charge in [-0.15, -0.1) is 0 Å². The van der Waals surface area contributed by atoms with E-state index in [4.69, 9.17) is 4.74 Å². The molecule has 3 aromatic rings. The number of hydrogen-bond donors (Lipinski definition) is 1. The van der Waals surface area contributed by atoms with Crippen molar-refractivity contribution in [2.75, 3.05) is 42.3 Å². The fourth-order valence-corrected chi connectivity index (χ4v) is 3.53. The van der Waals surface area contributed by atoms with E-state index in [-0.39, 0.29) is 5.48 Å². The van der Waals surface area contributed by atoms with Gasteiger partial charge < -0.3 is 24.3 Å². The summed E-state index contributed by atoms with van der Waals surface area (Å²) < 4.78 is 7.77. The molecule has 5 heteroatoms. The second-order valence-corrected chi connectivity index (χ2v) is 11.1. The van der Waals surface area contributed by atoms with Crippen LogP contribution in [0, 0.1) is 20.8 Å². The summed E-state index contributed by atoms with van der Waals surface area (Å²) in [6.07, 6.45) is 0. The van der Waals surface area contributed by atoms with Gasteiger partial charge in [0.2, 0.25) is 0 Å². The number of aryl methyl sites for hydroxylation is 3. The molecule has 0 bridgehead atoms. The van der Waals surface area contributed by atoms with Crippen molar-refractivity contribution in [2.24, 2.45) is 0 Å². The van der Waals surface area contributed by atoms with Gasteiger partial charge in [0.25, 0.3) is 0 Å². The van der Waals surface area contributed by atoms with E-state index in [9.17, 15) is 5.11 Å². The fraction of sp³-hybridized carbons (Fsp3) is 0.379. The van der Waals surface area contributed by atoms with Crippen LogP contribution in [0.15, 0.2) is 60.7 Å². The Morgan fingerprint density at radius 3 is 1.59 bits per heavy atom. The number of quaternary nitrogens is 2. The van der Waals surface area contributed by atoms with Crippen molar-refractivity contribution >= 4 is 0 Å². The maximum Gasteiger partial charge on any atom is 0.136 e. The predicted octanol–water partition coefficient (Wildman–Crippen LogP) is 6.03. The zero-order chi connectivity index (χ0) is 24.8. The van der Waals surface area contributed by atoms with Crippen LogP contribution in [0.5, 0.6) is 17.2 Å². The second kappa shape index (κ2) is 12.0. The molecule has 0 saturated carbocycles. The first-order valence-corrected chi connectivity index (χ1v) is 11.5. The average molecular weight is 468 g/mol. The van der Waals surface area contributed by atoms with Crippen molar-refractivity contribution in [3.63, 3.8) is 0 Å². The Morgan fingerprint density at radius 1 is 0.618 bits per heavy atom. The summed E-state index contributed by atoms with van der Waals surface area (Å²) in [6, 6.07) is 20.3. The molecule has 0 aliphatic rings. The maximum absolute atomic E-state index is 9.59. The van der Waals surface area contributed by atoms with E-state index < -0.39 is 0 Å². The molecule has 34 heavy (non-hydrogen) atoms. The van der Waals surface area contributed by atoms with Crippen LogP contribution in [-0.2, 0) is 13.1 Å². The molecule has 3 rings (SSSR count). The minimum Gasteiger partial charge on any atom is -0.870 e. The highest BCUT2D eigenvalue weighted by molar-refractivity contribution is 5.40. The zero-order valence-electron chi connectivity index (χ0n) is 22.4. The van der Waals surface area contributed by atoms with Crippen LogP contribution >= 0.6 is 0 Å². The molecular weight excluding hydrogens is 424 g/mol. The van der Waals surface area contributed by atoms with E-state index in [1.54, 1.807) is 6.07 Å². The number of rotatable bonds is 6. The first-order chi connectivity index (χ1) is 15.2. The Balaban J connectivity index is 0.000000360. The lowest BCUT2D eigenvalue weighted by atomic mass is 10.1. The zero-order valence-corrected chi connectivity index (χ0v) is 22.4. The molecule has 0 fully saturated rings. The number of aromatic hydroxyl groups is 1. The molecule has 0 aliphatic carbocycles. The second-order valence-electron chi connectivity index (χ2n) is 11.1. The van der Waals surface area contributed by atoms with Crippen LogP contribution in [0.3, 0.4) is 0 Å². The number of ether oxygens (including phenoxy) is 1. The van der Waals surface area contributed by atoms with Gasteiger partial charge in [0.15, 0.2) is 0 Å². The third-order valence-electron chi connectivity index (χ3n) is 4.99. The van der Waals surface area contributed by atoms with E-state index in [1.165, 1.54) is 22.3 Å². The maximum atomic E-state index is 9.59. The topological polar surface area (TPSA) is 59.5 Å². The third-order valence-corrected chi connectivity index (χ3v) is 4.99. The molecule has 0 heterocycles. The van der Waals surface area contributed by atoms with Gasteiger partial charge in [0.05, 0.1) is 42.3 Å². The van der Waals surface area contributed by atoms with Gasteiger partial charge in [-0.2, -0.15) is 0 Å². The summed E-state index contributed by atoms with van der Waals surface area (Å²) in [5, 5.41) is 9.59. The molecular formula is C29H43N2O3+. The molecule has 0 amide bonds. The highest BCUT2D eigenvalue weighted by atomic mass is 16.5. The largest absolute Gasteiger partial charge is 0.870 e. The highest BCUT2D eigenvalue weighted by Crippen LogP contribution is 2.28. The summed E-state index contributed by atoms with van der Waals surface area (Å²) in [5.41, 5.74) is 5.98. The number of nitrogens with zero attached hydrogens (tertiary/aromatic N) is 2. The lowest BCUT2D eigenvalue weighted by Gasteiger charge is -2.25. The van der Waals surface area contributed by atoms with Crippen LogP contribution in [0.25, 0.3) is 0 Å². The van der Waals surface area contributed by atoms with Crippen molar-refractivity contribution in [1.82, 2.24) is 0 Å². The van der Waals surface area contributed by atoms with Gasteiger partial charge in [-0.3, -0.25) is 0 Å². The minimum absolute atomic E-state index is 0. The van der Waals surface area contributed by atoms with Crippen LogP contribution in [0.4, 0.5) is 0 Å². The molecule has 0 saturated heterocycles. The fourth-order valence-electron chi connectivity index (χ4n) is 3.53. The smallest absolute Gasteiger partial charge is 0.136 e. The van der Waals surface area contributed by atoms with Gasteiger partial charge in [-0.05, 0) is 57.2 Å². The average Bonchev–Trinajstić information content (AvgIpc) is 2.67. The summed E-state index contributed by atoms with van der Waals surface area (Å²) in [6.45, 7) is 8.04. The van der Waals surface area contributed by atoms with Crippen LogP contribution in [0.1, 0.15) is 27.8 Å². The number of phenolic OH excluding ortho intramolecular Hbond substituents is 1. The summed E-state index contributed by atoms with van der Waals surface area (Å²) in [7, 11) is 12.9.